The normalized spacial score (nSPS) is 13.6. The molecule has 0 unspecified atom stereocenters. The number of benzene rings is 1. The average Bonchev–Trinajstić information content (AvgIpc) is 3.16. The third-order valence-corrected chi connectivity index (χ3v) is 4.16. The highest BCUT2D eigenvalue weighted by atomic mass is 16.5. The number of nitrogens with zero attached hydrogens (tertiary/aromatic N) is 2. The molecule has 1 aliphatic heterocycles. The minimum absolute atomic E-state index is 0.294. The molecule has 2 heterocycles. The summed E-state index contributed by atoms with van der Waals surface area (Å²) in [6, 6.07) is 13.5. The first-order valence-corrected chi connectivity index (χ1v) is 8.22. The van der Waals surface area contributed by atoms with Crippen LogP contribution in [0.25, 0.3) is 11.3 Å². The lowest BCUT2D eigenvalue weighted by atomic mass is 10.0. The number of aromatic amines is 1. The number of carbonyl (C=O) groups is 1. The summed E-state index contributed by atoms with van der Waals surface area (Å²) >= 11 is 0. The molecule has 0 radical (unpaired) electrons. The molecule has 0 bridgehead atoms. The smallest absolute Gasteiger partial charge is 0.342 e. The van der Waals surface area contributed by atoms with E-state index < -0.39 is 5.97 Å². The van der Waals surface area contributed by atoms with Crippen molar-refractivity contribution in [1.29, 1.82) is 5.26 Å². The standard InChI is InChI=1S/C19H19N3O2/c1-2-24-19(23)16-12-15(13-20)18(22-10-6-7-11-22)21-17(16)14-8-4-3-5-9-14/h3-5,8-9,12H,2,6-7,10-11H2,1H3/p+1. The van der Waals surface area contributed by atoms with Crippen LogP contribution in [0.3, 0.4) is 0 Å². The number of ether oxygens (including phenoxy) is 1. The molecule has 1 fully saturated rings. The third-order valence-electron chi connectivity index (χ3n) is 4.16. The van der Waals surface area contributed by atoms with Gasteiger partial charge in [0.25, 0.3) is 5.82 Å². The molecular weight excluding hydrogens is 302 g/mol. The predicted octanol–water partition coefficient (Wildman–Crippen LogP) is 2.82. The zero-order valence-electron chi connectivity index (χ0n) is 13.7. The summed E-state index contributed by atoms with van der Waals surface area (Å²) in [5.74, 6) is 0.360. The molecule has 1 aromatic carbocycles. The number of pyridine rings is 1. The van der Waals surface area contributed by atoms with Crippen LogP contribution >= 0.6 is 0 Å². The molecule has 122 valence electrons. The number of nitrogens with one attached hydrogen (secondary N) is 1. The van der Waals surface area contributed by atoms with Gasteiger partial charge >= 0.3 is 5.97 Å². The number of hydrogen-bond donors (Lipinski definition) is 0. The second-order valence-corrected chi connectivity index (χ2v) is 5.71. The third kappa shape index (κ3) is 3.09. The Balaban J connectivity index is 2.17. The second-order valence-electron chi connectivity index (χ2n) is 5.71. The van der Waals surface area contributed by atoms with Gasteiger partial charge in [-0.1, -0.05) is 30.3 Å². The van der Waals surface area contributed by atoms with Crippen molar-refractivity contribution in [3.63, 3.8) is 0 Å². The maximum atomic E-state index is 12.4. The van der Waals surface area contributed by atoms with Crippen LogP contribution in [0.15, 0.2) is 36.4 Å². The average molecular weight is 322 g/mol. The highest BCUT2D eigenvalue weighted by Gasteiger charge is 2.29. The Morgan fingerprint density at radius 2 is 2.00 bits per heavy atom. The summed E-state index contributed by atoms with van der Waals surface area (Å²) in [5.41, 5.74) is 2.45. The SMILES string of the molecule is CCOC(=O)c1cc(C#N)c(N2CCCC2)[nH+]c1-c1ccccc1. The largest absolute Gasteiger partial charge is 0.462 e. The van der Waals surface area contributed by atoms with Gasteiger partial charge in [0, 0.05) is 5.56 Å². The molecule has 24 heavy (non-hydrogen) atoms. The minimum Gasteiger partial charge on any atom is -0.462 e. The summed E-state index contributed by atoms with van der Waals surface area (Å²) in [6.07, 6.45) is 2.22. The highest BCUT2D eigenvalue weighted by Crippen LogP contribution is 2.26. The summed E-state index contributed by atoms with van der Waals surface area (Å²) in [6.45, 7) is 3.90. The Morgan fingerprint density at radius 1 is 1.29 bits per heavy atom. The maximum absolute atomic E-state index is 12.4. The van der Waals surface area contributed by atoms with E-state index in [1.807, 2.05) is 30.3 Å². The van der Waals surface area contributed by atoms with Gasteiger partial charge in [0.2, 0.25) is 0 Å². The number of H-pyrrole nitrogens is 1. The lowest BCUT2D eigenvalue weighted by Crippen LogP contribution is -2.30. The van der Waals surface area contributed by atoms with Gasteiger partial charge in [-0.15, -0.1) is 0 Å². The zero-order valence-corrected chi connectivity index (χ0v) is 13.7. The fourth-order valence-electron chi connectivity index (χ4n) is 3.02. The van der Waals surface area contributed by atoms with E-state index in [0.29, 0.717) is 23.4 Å². The van der Waals surface area contributed by atoms with Crippen LogP contribution < -0.4 is 9.88 Å². The van der Waals surface area contributed by atoms with Gasteiger partial charge < -0.3 is 4.74 Å². The Labute approximate surface area is 141 Å². The fourth-order valence-corrected chi connectivity index (χ4v) is 3.02. The molecule has 1 N–H and O–H groups in total. The monoisotopic (exact) mass is 322 g/mol. The fraction of sp³-hybridized carbons (Fsp3) is 0.316. The Morgan fingerprint density at radius 3 is 2.62 bits per heavy atom. The molecule has 0 spiro atoms. The van der Waals surface area contributed by atoms with E-state index in [2.05, 4.69) is 16.0 Å². The van der Waals surface area contributed by atoms with Crippen molar-refractivity contribution >= 4 is 11.8 Å². The van der Waals surface area contributed by atoms with E-state index in [4.69, 9.17) is 4.74 Å². The van der Waals surface area contributed by atoms with E-state index in [1.54, 1.807) is 13.0 Å². The molecule has 2 aromatic rings. The van der Waals surface area contributed by atoms with Crippen LogP contribution in [0.5, 0.6) is 0 Å². The number of anilines is 1. The summed E-state index contributed by atoms with van der Waals surface area (Å²) in [5, 5.41) is 9.53. The summed E-state index contributed by atoms with van der Waals surface area (Å²) in [7, 11) is 0. The Hall–Kier alpha value is -2.87. The number of hydrogen-bond acceptors (Lipinski definition) is 4. The topological polar surface area (TPSA) is 67.5 Å². The van der Waals surface area contributed by atoms with Crippen LogP contribution in [-0.2, 0) is 4.74 Å². The van der Waals surface area contributed by atoms with Gasteiger partial charge in [0.05, 0.1) is 19.7 Å². The molecule has 1 aromatic heterocycles. The first-order chi connectivity index (χ1) is 11.7. The van der Waals surface area contributed by atoms with Crippen LogP contribution in [0.4, 0.5) is 5.82 Å². The van der Waals surface area contributed by atoms with Gasteiger partial charge in [0.1, 0.15) is 22.9 Å². The van der Waals surface area contributed by atoms with Gasteiger partial charge in [-0.05, 0) is 25.8 Å². The molecule has 1 saturated heterocycles. The first kappa shape index (κ1) is 16.0. The van der Waals surface area contributed by atoms with Crippen LogP contribution in [0.2, 0.25) is 0 Å². The lowest BCUT2D eigenvalue weighted by Gasteiger charge is -2.14. The van der Waals surface area contributed by atoms with E-state index in [9.17, 15) is 10.1 Å². The molecular formula is C19H20N3O2+. The van der Waals surface area contributed by atoms with Crippen LogP contribution in [-0.4, -0.2) is 25.7 Å². The summed E-state index contributed by atoms with van der Waals surface area (Å²) < 4.78 is 5.17. The number of aromatic nitrogens is 1. The lowest BCUT2D eigenvalue weighted by molar-refractivity contribution is -0.351. The van der Waals surface area contributed by atoms with Crippen molar-refractivity contribution in [3.05, 3.63) is 47.5 Å². The van der Waals surface area contributed by atoms with Crippen molar-refractivity contribution in [3.8, 4) is 17.3 Å². The quantitative estimate of drug-likeness (QED) is 0.812. The van der Waals surface area contributed by atoms with Crippen LogP contribution in [0, 0.1) is 11.3 Å². The molecule has 0 atom stereocenters. The van der Waals surface area contributed by atoms with Crippen molar-refractivity contribution < 1.29 is 14.5 Å². The molecule has 5 heteroatoms. The number of esters is 1. The predicted molar refractivity (Wildman–Crippen MR) is 90.6 cm³/mol. The van der Waals surface area contributed by atoms with Gasteiger partial charge in [0.15, 0.2) is 0 Å². The number of rotatable bonds is 4. The molecule has 0 aliphatic carbocycles. The molecule has 0 amide bonds. The second kappa shape index (κ2) is 7.14. The van der Waals surface area contributed by atoms with Gasteiger partial charge in [-0.25, -0.2) is 9.78 Å². The molecule has 0 saturated carbocycles. The molecule has 3 rings (SSSR count). The maximum Gasteiger partial charge on any atom is 0.342 e. The van der Waals surface area contributed by atoms with Crippen molar-refractivity contribution in [2.75, 3.05) is 24.6 Å². The van der Waals surface area contributed by atoms with Gasteiger partial charge in [-0.3, -0.25) is 4.90 Å². The van der Waals surface area contributed by atoms with Gasteiger partial charge in [-0.2, -0.15) is 5.26 Å². The highest BCUT2D eigenvalue weighted by molar-refractivity contribution is 5.96. The van der Waals surface area contributed by atoms with E-state index in [0.717, 1.165) is 37.3 Å². The number of nitriles is 1. The van der Waals surface area contributed by atoms with Crippen molar-refractivity contribution in [1.82, 2.24) is 0 Å². The van der Waals surface area contributed by atoms with Crippen LogP contribution in [0.1, 0.15) is 35.7 Å². The van der Waals surface area contributed by atoms with E-state index in [-0.39, 0.29) is 0 Å². The Bertz CT molecular complexity index is 775. The van der Waals surface area contributed by atoms with Crippen molar-refractivity contribution in [2.24, 2.45) is 0 Å². The zero-order chi connectivity index (χ0) is 16.9. The van der Waals surface area contributed by atoms with E-state index >= 15 is 0 Å². The molecule has 5 nitrogen and oxygen atoms in total. The number of carbonyl (C=O) groups excluding carboxylic acids is 1. The molecule has 1 aliphatic rings. The summed E-state index contributed by atoms with van der Waals surface area (Å²) in [4.78, 5) is 17.9. The van der Waals surface area contributed by atoms with E-state index in [1.165, 1.54) is 0 Å². The van der Waals surface area contributed by atoms with Crippen molar-refractivity contribution in [2.45, 2.75) is 19.8 Å². The Kier molecular flexibility index (Phi) is 4.76. The first-order valence-electron chi connectivity index (χ1n) is 8.22. The minimum atomic E-state index is -0.419.